The van der Waals surface area contributed by atoms with Crippen LogP contribution in [0.15, 0.2) is 0 Å². The van der Waals surface area contributed by atoms with Gasteiger partial charge in [-0.05, 0) is 10.4 Å². The van der Waals surface area contributed by atoms with Crippen LogP contribution in [0.2, 0.25) is 0 Å². The van der Waals surface area contributed by atoms with Crippen LogP contribution >= 0.6 is 0 Å². The number of esters is 1. The summed E-state index contributed by atoms with van der Waals surface area (Å²) in [7, 11) is 0. The molecule has 3 N–H and O–H groups in total. The Morgan fingerprint density at radius 3 is 3.10 bits per heavy atom. The molecule has 7 heteroatoms. The first-order valence-corrected chi connectivity index (χ1v) is 2.47. The number of carbonyl (C=O) groups excluding carboxylic acids is 1. The van der Waals surface area contributed by atoms with E-state index in [1.165, 1.54) is 0 Å². The largest absolute Gasteiger partial charge is 0.389 e. The van der Waals surface area contributed by atoms with Crippen molar-refractivity contribution in [2.75, 3.05) is 6.54 Å². The van der Waals surface area contributed by atoms with Crippen LogP contribution in [0.4, 0.5) is 0 Å². The topological polar surface area (TPSA) is 107 Å². The summed E-state index contributed by atoms with van der Waals surface area (Å²) >= 11 is 0. The Kier molecular flexibility index (Phi) is 1.90. The lowest BCUT2D eigenvalue weighted by Gasteiger charge is -1.92. The quantitative estimate of drug-likeness (QED) is 0.466. The lowest BCUT2D eigenvalue weighted by molar-refractivity contribution is -0.133. The van der Waals surface area contributed by atoms with E-state index in [9.17, 15) is 4.79 Å². The number of nitrogens with zero attached hydrogens (tertiary/aromatic N) is 3. The molecule has 0 unspecified atom stereocenters. The van der Waals surface area contributed by atoms with Gasteiger partial charge < -0.3 is 10.5 Å². The van der Waals surface area contributed by atoms with Gasteiger partial charge in [0.15, 0.2) is 0 Å². The summed E-state index contributed by atoms with van der Waals surface area (Å²) in [5.74, 6) is -0.585. The third-order valence-electron chi connectivity index (χ3n) is 0.703. The molecule has 7 nitrogen and oxygen atoms in total. The molecular weight excluding hydrogens is 138 g/mol. The number of aromatic nitrogens is 4. The fourth-order valence-corrected chi connectivity index (χ4v) is 0.343. The highest BCUT2D eigenvalue weighted by Gasteiger charge is 2.03. The van der Waals surface area contributed by atoms with Gasteiger partial charge in [-0.25, -0.2) is 5.10 Å². The number of tetrazole rings is 1. The maximum Gasteiger partial charge on any atom is 0.340 e. The van der Waals surface area contributed by atoms with Gasteiger partial charge in [-0.15, -0.1) is 0 Å². The van der Waals surface area contributed by atoms with Crippen molar-refractivity contribution in [2.45, 2.75) is 0 Å². The van der Waals surface area contributed by atoms with Crippen LogP contribution in [0.3, 0.4) is 0 Å². The smallest absolute Gasteiger partial charge is 0.340 e. The van der Waals surface area contributed by atoms with E-state index >= 15 is 0 Å². The van der Waals surface area contributed by atoms with Gasteiger partial charge in [0.2, 0.25) is 0 Å². The Balaban J connectivity index is 2.48. The Labute approximate surface area is 55.5 Å². The molecule has 54 valence electrons. The van der Waals surface area contributed by atoms with Crippen molar-refractivity contribution in [3.8, 4) is 6.01 Å². The number of carbonyl (C=O) groups is 1. The predicted octanol–water partition coefficient (Wildman–Crippen LogP) is -1.94. The van der Waals surface area contributed by atoms with Crippen LogP contribution in [0.25, 0.3) is 0 Å². The molecule has 0 spiro atoms. The second-order valence-electron chi connectivity index (χ2n) is 1.38. The van der Waals surface area contributed by atoms with Gasteiger partial charge in [-0.1, -0.05) is 5.10 Å². The second kappa shape index (κ2) is 2.87. The molecule has 10 heavy (non-hydrogen) atoms. The average Bonchev–Trinajstić information content (AvgIpc) is 2.40. The predicted molar refractivity (Wildman–Crippen MR) is 28.9 cm³/mol. The van der Waals surface area contributed by atoms with Crippen molar-refractivity contribution in [1.29, 1.82) is 0 Å². The summed E-state index contributed by atoms with van der Waals surface area (Å²) in [4.78, 5) is 10.4. The first kappa shape index (κ1) is 6.62. The molecule has 0 aliphatic heterocycles. The van der Waals surface area contributed by atoms with E-state index in [2.05, 4.69) is 25.4 Å². The van der Waals surface area contributed by atoms with Crippen molar-refractivity contribution in [3.05, 3.63) is 0 Å². The van der Waals surface area contributed by atoms with Crippen molar-refractivity contribution in [2.24, 2.45) is 5.73 Å². The Morgan fingerprint density at radius 1 is 1.80 bits per heavy atom. The Hall–Kier alpha value is -1.50. The van der Waals surface area contributed by atoms with Crippen molar-refractivity contribution >= 4 is 5.97 Å². The Bertz CT molecular complexity index is 207. The maximum absolute atomic E-state index is 10.4. The lowest BCUT2D eigenvalue weighted by Crippen LogP contribution is -2.19. The van der Waals surface area contributed by atoms with Gasteiger partial charge >= 0.3 is 12.0 Å². The molecule has 0 atom stereocenters. The molecule has 0 saturated heterocycles. The van der Waals surface area contributed by atoms with E-state index in [4.69, 9.17) is 5.73 Å². The van der Waals surface area contributed by atoms with Crippen LogP contribution in [0, 0.1) is 0 Å². The van der Waals surface area contributed by atoms with E-state index < -0.39 is 5.97 Å². The molecule has 1 aromatic rings. The first-order valence-electron chi connectivity index (χ1n) is 2.47. The third-order valence-corrected chi connectivity index (χ3v) is 0.703. The van der Waals surface area contributed by atoms with Crippen LogP contribution in [-0.2, 0) is 4.79 Å². The zero-order valence-electron chi connectivity index (χ0n) is 4.94. The summed E-state index contributed by atoms with van der Waals surface area (Å²) in [5, 5.41) is 11.9. The number of H-pyrrole nitrogens is 1. The molecule has 1 heterocycles. The van der Waals surface area contributed by atoms with Crippen LogP contribution in [0.5, 0.6) is 6.01 Å². The van der Waals surface area contributed by atoms with E-state index in [1.54, 1.807) is 0 Å². The molecule has 1 aromatic heterocycles. The van der Waals surface area contributed by atoms with Crippen molar-refractivity contribution < 1.29 is 9.53 Å². The second-order valence-corrected chi connectivity index (χ2v) is 1.38. The molecule has 1 rings (SSSR count). The molecule has 0 aliphatic carbocycles. The number of ether oxygens (including phenoxy) is 1. The molecule has 0 saturated carbocycles. The zero-order chi connectivity index (χ0) is 7.40. The lowest BCUT2D eigenvalue weighted by atomic mass is 10.7. The molecule has 0 aliphatic rings. The highest BCUT2D eigenvalue weighted by molar-refractivity contribution is 5.73. The minimum Gasteiger partial charge on any atom is -0.389 e. The third kappa shape index (κ3) is 1.49. The monoisotopic (exact) mass is 143 g/mol. The van der Waals surface area contributed by atoms with Crippen LogP contribution in [0.1, 0.15) is 0 Å². The molecular formula is C3H5N5O2. The van der Waals surface area contributed by atoms with Gasteiger partial charge in [0.1, 0.15) is 0 Å². The number of nitrogens with one attached hydrogen (secondary N) is 1. The molecule has 0 aromatic carbocycles. The SMILES string of the molecule is NCC(=O)Oc1nnn[nH]1. The van der Waals surface area contributed by atoms with Gasteiger partial charge in [0.25, 0.3) is 0 Å². The first-order chi connectivity index (χ1) is 4.83. The summed E-state index contributed by atoms with van der Waals surface area (Å²) < 4.78 is 4.45. The molecule has 0 radical (unpaired) electrons. The van der Waals surface area contributed by atoms with Gasteiger partial charge in [0, 0.05) is 0 Å². The highest BCUT2D eigenvalue weighted by Crippen LogP contribution is 1.92. The summed E-state index contributed by atoms with van der Waals surface area (Å²) in [6, 6.07) is -0.0459. The van der Waals surface area contributed by atoms with E-state index in [-0.39, 0.29) is 12.6 Å². The van der Waals surface area contributed by atoms with Gasteiger partial charge in [-0.2, -0.15) is 0 Å². The van der Waals surface area contributed by atoms with E-state index in [0.717, 1.165) is 0 Å². The van der Waals surface area contributed by atoms with Crippen LogP contribution in [-0.4, -0.2) is 33.1 Å². The minimum absolute atomic E-state index is 0.0459. The van der Waals surface area contributed by atoms with Crippen molar-refractivity contribution in [1.82, 2.24) is 20.6 Å². The van der Waals surface area contributed by atoms with Gasteiger partial charge in [0.05, 0.1) is 6.54 Å². The van der Waals surface area contributed by atoms with Crippen LogP contribution < -0.4 is 10.5 Å². The molecule has 0 fully saturated rings. The number of rotatable bonds is 2. The maximum atomic E-state index is 10.4. The Morgan fingerprint density at radius 2 is 2.60 bits per heavy atom. The fourth-order valence-electron chi connectivity index (χ4n) is 0.343. The summed E-state index contributed by atoms with van der Waals surface area (Å²) in [6.45, 7) is -0.194. The average molecular weight is 143 g/mol. The summed E-state index contributed by atoms with van der Waals surface area (Å²) in [5.41, 5.74) is 4.93. The standard InChI is InChI=1S/C3H5N5O2/c4-1-2(9)10-3-5-7-8-6-3/h1,4H2,(H,5,6,7,8). The minimum atomic E-state index is -0.585. The number of nitrogens with two attached hydrogens (primary N) is 1. The highest BCUT2D eigenvalue weighted by atomic mass is 16.6. The number of hydrogen-bond donors (Lipinski definition) is 2. The fraction of sp³-hybridized carbons (Fsp3) is 0.333. The van der Waals surface area contributed by atoms with Crippen molar-refractivity contribution in [3.63, 3.8) is 0 Å². The molecule has 0 bridgehead atoms. The van der Waals surface area contributed by atoms with Gasteiger partial charge in [-0.3, -0.25) is 4.79 Å². The normalized spacial score (nSPS) is 9.30. The summed E-state index contributed by atoms with van der Waals surface area (Å²) in [6.07, 6.45) is 0. The van der Waals surface area contributed by atoms with E-state index in [0.29, 0.717) is 0 Å². The number of hydrogen-bond acceptors (Lipinski definition) is 6. The zero-order valence-corrected chi connectivity index (χ0v) is 4.94. The van der Waals surface area contributed by atoms with E-state index in [1.807, 2.05) is 0 Å². The molecule has 0 amide bonds. The number of aromatic amines is 1.